The molecule has 1 N–H and O–H groups in total. The van der Waals surface area contributed by atoms with E-state index in [4.69, 9.17) is 23.2 Å². The van der Waals surface area contributed by atoms with Crippen molar-refractivity contribution >= 4 is 33.2 Å². The molecule has 0 aromatic heterocycles. The quantitative estimate of drug-likeness (QED) is 0.869. The molecule has 100 valence electrons. The molecule has 3 nitrogen and oxygen atoms in total. The molecule has 0 saturated heterocycles. The van der Waals surface area contributed by atoms with E-state index in [1.165, 1.54) is 6.07 Å². The van der Waals surface area contributed by atoms with Gasteiger partial charge in [0.25, 0.3) is 0 Å². The summed E-state index contributed by atoms with van der Waals surface area (Å²) in [5.41, 5.74) is 0. The highest BCUT2D eigenvalue weighted by Gasteiger charge is 2.25. The molecule has 2 unspecified atom stereocenters. The lowest BCUT2D eigenvalue weighted by atomic mass is 10.1. The minimum atomic E-state index is -3.52. The van der Waals surface area contributed by atoms with Crippen molar-refractivity contribution in [1.29, 1.82) is 0 Å². The Labute approximate surface area is 118 Å². The van der Waals surface area contributed by atoms with Gasteiger partial charge in [-0.3, -0.25) is 0 Å². The van der Waals surface area contributed by atoms with Crippen LogP contribution in [-0.4, -0.2) is 20.3 Å². The predicted molar refractivity (Wildman–Crippen MR) is 73.6 cm³/mol. The number of sulfonamides is 1. The van der Waals surface area contributed by atoms with E-state index in [1.807, 2.05) is 0 Å². The predicted octanol–water partition coefficient (Wildman–Crippen LogP) is 3.03. The zero-order chi connectivity index (χ0) is 13.2. The first kappa shape index (κ1) is 14.1. The van der Waals surface area contributed by atoms with Crippen molar-refractivity contribution in [2.75, 3.05) is 6.54 Å². The minimum absolute atomic E-state index is 0.132. The van der Waals surface area contributed by atoms with E-state index in [0.29, 0.717) is 12.5 Å². The van der Waals surface area contributed by atoms with Crippen LogP contribution in [0.15, 0.2) is 29.2 Å². The van der Waals surface area contributed by atoms with Gasteiger partial charge in [-0.1, -0.05) is 23.7 Å². The van der Waals surface area contributed by atoms with Crippen molar-refractivity contribution in [3.8, 4) is 0 Å². The number of hydrogen-bond donors (Lipinski definition) is 1. The lowest BCUT2D eigenvalue weighted by molar-refractivity contribution is 0.520. The van der Waals surface area contributed by atoms with E-state index in [-0.39, 0.29) is 15.3 Å². The smallest absolute Gasteiger partial charge is 0.211 e. The molecule has 0 aliphatic heterocycles. The summed E-state index contributed by atoms with van der Waals surface area (Å²) in [7, 11) is -3.52. The molecule has 0 bridgehead atoms. The maximum atomic E-state index is 12.1. The van der Waals surface area contributed by atoms with Crippen LogP contribution >= 0.6 is 23.2 Å². The Kier molecular flexibility index (Phi) is 4.54. The second-order valence-electron chi connectivity index (χ2n) is 4.56. The van der Waals surface area contributed by atoms with Crippen LogP contribution in [0.5, 0.6) is 0 Å². The second-order valence-corrected chi connectivity index (χ2v) is 7.32. The Morgan fingerprint density at radius 1 is 1.28 bits per heavy atom. The molecule has 1 aliphatic carbocycles. The largest absolute Gasteiger partial charge is 0.242 e. The highest BCUT2D eigenvalue weighted by molar-refractivity contribution is 7.89. The number of nitrogens with one attached hydrogen (secondary N) is 1. The number of benzene rings is 1. The highest BCUT2D eigenvalue weighted by atomic mass is 35.5. The van der Waals surface area contributed by atoms with Crippen LogP contribution in [0.1, 0.15) is 19.3 Å². The van der Waals surface area contributed by atoms with Gasteiger partial charge in [-0.25, -0.2) is 13.1 Å². The molecule has 1 aromatic carbocycles. The van der Waals surface area contributed by atoms with Gasteiger partial charge in [-0.05, 0) is 37.3 Å². The molecular weight excluding hydrogens is 293 g/mol. The molecule has 2 rings (SSSR count). The maximum Gasteiger partial charge on any atom is 0.242 e. The van der Waals surface area contributed by atoms with Gasteiger partial charge in [0.05, 0.1) is 5.02 Å². The first-order valence-electron chi connectivity index (χ1n) is 5.87. The number of halogens is 2. The second kappa shape index (κ2) is 5.78. The highest BCUT2D eigenvalue weighted by Crippen LogP contribution is 2.29. The number of hydrogen-bond acceptors (Lipinski definition) is 2. The standard InChI is InChI=1S/C12H15Cl2NO2S/c13-10-6-5-9(7-10)8-15-18(16,17)12-4-2-1-3-11(12)14/h1-4,9-10,15H,5-8H2. The van der Waals surface area contributed by atoms with E-state index >= 15 is 0 Å². The molecule has 0 amide bonds. The van der Waals surface area contributed by atoms with Crippen molar-refractivity contribution in [3.63, 3.8) is 0 Å². The molecule has 18 heavy (non-hydrogen) atoms. The van der Waals surface area contributed by atoms with E-state index in [0.717, 1.165) is 19.3 Å². The van der Waals surface area contributed by atoms with Crippen LogP contribution in [0.3, 0.4) is 0 Å². The van der Waals surface area contributed by atoms with E-state index < -0.39 is 10.0 Å². The van der Waals surface area contributed by atoms with Crippen LogP contribution < -0.4 is 4.72 Å². The topological polar surface area (TPSA) is 46.2 Å². The van der Waals surface area contributed by atoms with E-state index in [9.17, 15) is 8.42 Å². The first-order valence-corrected chi connectivity index (χ1v) is 8.17. The fourth-order valence-electron chi connectivity index (χ4n) is 2.17. The molecule has 6 heteroatoms. The summed E-state index contributed by atoms with van der Waals surface area (Å²) in [4.78, 5) is 0.132. The summed E-state index contributed by atoms with van der Waals surface area (Å²) >= 11 is 11.9. The SMILES string of the molecule is O=S(=O)(NCC1CCC(Cl)C1)c1ccccc1Cl. The molecule has 1 fully saturated rings. The molecule has 1 saturated carbocycles. The average molecular weight is 308 g/mol. The van der Waals surface area contributed by atoms with Crippen molar-refractivity contribution in [1.82, 2.24) is 4.72 Å². The third-order valence-electron chi connectivity index (χ3n) is 3.17. The number of rotatable bonds is 4. The zero-order valence-corrected chi connectivity index (χ0v) is 12.1. The summed E-state index contributed by atoms with van der Waals surface area (Å²) in [6.07, 6.45) is 2.80. The van der Waals surface area contributed by atoms with Gasteiger partial charge in [-0.15, -0.1) is 11.6 Å². The van der Waals surface area contributed by atoms with E-state index in [1.54, 1.807) is 18.2 Å². The van der Waals surface area contributed by atoms with Gasteiger partial charge in [0, 0.05) is 11.9 Å². The average Bonchev–Trinajstić information content (AvgIpc) is 2.73. The van der Waals surface area contributed by atoms with Crippen LogP contribution in [-0.2, 0) is 10.0 Å². The Balaban J connectivity index is 2.02. The van der Waals surface area contributed by atoms with Crippen LogP contribution in [0.2, 0.25) is 5.02 Å². The Hall–Kier alpha value is -0.290. The van der Waals surface area contributed by atoms with Gasteiger partial charge in [0.15, 0.2) is 0 Å². The molecule has 1 aromatic rings. The number of alkyl halides is 1. The fraction of sp³-hybridized carbons (Fsp3) is 0.500. The van der Waals surface area contributed by atoms with Crippen molar-refractivity contribution < 1.29 is 8.42 Å². The summed E-state index contributed by atoms with van der Waals surface area (Å²) < 4.78 is 26.7. The summed E-state index contributed by atoms with van der Waals surface area (Å²) in [5, 5.41) is 0.423. The minimum Gasteiger partial charge on any atom is -0.211 e. The zero-order valence-electron chi connectivity index (χ0n) is 9.77. The first-order chi connectivity index (χ1) is 8.49. The van der Waals surface area contributed by atoms with Crippen LogP contribution in [0.25, 0.3) is 0 Å². The Morgan fingerprint density at radius 3 is 2.61 bits per heavy atom. The molecule has 0 radical (unpaired) electrons. The van der Waals surface area contributed by atoms with Crippen LogP contribution in [0, 0.1) is 5.92 Å². The third kappa shape index (κ3) is 3.38. The summed E-state index contributed by atoms with van der Waals surface area (Å²) in [6, 6.07) is 6.44. The summed E-state index contributed by atoms with van der Waals surface area (Å²) in [5.74, 6) is 0.324. The normalized spacial score (nSPS) is 24.3. The lowest BCUT2D eigenvalue weighted by Crippen LogP contribution is -2.28. The Bertz CT molecular complexity index is 519. The fourth-order valence-corrected chi connectivity index (χ4v) is 4.18. The lowest BCUT2D eigenvalue weighted by Gasteiger charge is -2.12. The van der Waals surface area contributed by atoms with Crippen LogP contribution in [0.4, 0.5) is 0 Å². The molecular formula is C12H15Cl2NO2S. The monoisotopic (exact) mass is 307 g/mol. The van der Waals surface area contributed by atoms with Crippen molar-refractivity contribution in [2.45, 2.75) is 29.5 Å². The van der Waals surface area contributed by atoms with Crippen molar-refractivity contribution in [3.05, 3.63) is 29.3 Å². The van der Waals surface area contributed by atoms with E-state index in [2.05, 4.69) is 4.72 Å². The third-order valence-corrected chi connectivity index (χ3v) is 5.49. The van der Waals surface area contributed by atoms with Gasteiger partial charge < -0.3 is 0 Å². The van der Waals surface area contributed by atoms with Gasteiger partial charge in [0.2, 0.25) is 10.0 Å². The van der Waals surface area contributed by atoms with Gasteiger partial charge in [-0.2, -0.15) is 0 Å². The summed E-state index contributed by atoms with van der Waals surface area (Å²) in [6.45, 7) is 0.427. The molecule has 2 atom stereocenters. The van der Waals surface area contributed by atoms with Gasteiger partial charge in [0.1, 0.15) is 4.90 Å². The molecule has 1 aliphatic rings. The van der Waals surface area contributed by atoms with Gasteiger partial charge >= 0.3 is 0 Å². The molecule has 0 spiro atoms. The Morgan fingerprint density at radius 2 is 2.00 bits per heavy atom. The molecule has 0 heterocycles. The maximum absolute atomic E-state index is 12.1. The van der Waals surface area contributed by atoms with Crippen molar-refractivity contribution in [2.24, 2.45) is 5.92 Å².